The van der Waals surface area contributed by atoms with Crippen molar-refractivity contribution in [3.8, 4) is 0 Å². The van der Waals surface area contributed by atoms with Crippen LogP contribution in [-0.4, -0.2) is 23.1 Å². The monoisotopic (exact) mass is 273 g/mol. The molecule has 3 rings (SSSR count). The second-order valence-corrected chi connectivity index (χ2v) is 5.69. The molecule has 0 aromatic rings. The molecule has 0 unspecified atom stereocenters. The quantitative estimate of drug-likeness (QED) is 0.361. The Morgan fingerprint density at radius 3 is 1.60 bits per heavy atom. The van der Waals surface area contributed by atoms with Crippen LogP contribution >= 0.6 is 22.6 Å². The molecule has 0 aromatic heterocycles. The molecule has 60 valence electrons. The van der Waals surface area contributed by atoms with E-state index in [0.717, 1.165) is 3.42 Å². The smallest absolute Gasteiger partial charge is 0.0783 e. The highest BCUT2D eigenvalue weighted by Crippen LogP contribution is 2.33. The van der Waals surface area contributed by atoms with Crippen LogP contribution in [0.5, 0.6) is 0 Å². The average Bonchev–Trinajstić information content (AvgIpc) is 1.90. The van der Waals surface area contributed by atoms with Gasteiger partial charge in [0.05, 0.1) is 19.6 Å². The largest absolute Gasteiger partial charge is 1.00 e. The summed E-state index contributed by atoms with van der Waals surface area (Å²) in [5, 5.41) is 0. The lowest BCUT2D eigenvalue weighted by Gasteiger charge is -2.42. The maximum Gasteiger partial charge on any atom is 0.0783 e. The fraction of sp³-hybridized carbons (Fsp3) is 1.00. The minimum Gasteiger partial charge on any atom is -1.00 e. The van der Waals surface area contributed by atoms with E-state index < -0.39 is 0 Å². The number of quaternary nitrogens is 1. The van der Waals surface area contributed by atoms with E-state index in [9.17, 15) is 0 Å². The van der Waals surface area contributed by atoms with Crippen molar-refractivity contribution in [2.75, 3.05) is 19.6 Å². The van der Waals surface area contributed by atoms with Gasteiger partial charge in [0.1, 0.15) is 0 Å². The Bertz CT molecular complexity index is 107. The van der Waals surface area contributed by atoms with Gasteiger partial charge in [0.25, 0.3) is 0 Å². The van der Waals surface area contributed by atoms with Crippen molar-refractivity contribution in [2.24, 2.45) is 0 Å². The number of nitrogens with one attached hydrogen (secondary N) is 1. The second kappa shape index (κ2) is 3.15. The Hall–Kier alpha value is 0.980. The molecule has 0 aliphatic carbocycles. The van der Waals surface area contributed by atoms with Crippen molar-refractivity contribution >= 4 is 22.6 Å². The topological polar surface area (TPSA) is 4.44 Å². The van der Waals surface area contributed by atoms with Crippen LogP contribution in [0.1, 0.15) is 19.3 Å². The van der Waals surface area contributed by atoms with Gasteiger partial charge < -0.3 is 17.3 Å². The fourth-order valence-corrected chi connectivity index (χ4v) is 2.76. The molecule has 0 aromatic carbocycles. The Labute approximate surface area is 82.1 Å². The van der Waals surface area contributed by atoms with Crippen molar-refractivity contribution in [2.45, 2.75) is 22.7 Å². The summed E-state index contributed by atoms with van der Waals surface area (Å²) in [7, 11) is 0. The van der Waals surface area contributed by atoms with E-state index in [4.69, 9.17) is 0 Å². The van der Waals surface area contributed by atoms with E-state index in [1.165, 1.54) is 38.9 Å². The van der Waals surface area contributed by atoms with E-state index in [0.29, 0.717) is 0 Å². The van der Waals surface area contributed by atoms with Gasteiger partial charge in [0.2, 0.25) is 0 Å². The van der Waals surface area contributed by atoms with Crippen molar-refractivity contribution in [3.63, 3.8) is 0 Å². The van der Waals surface area contributed by atoms with E-state index in [2.05, 4.69) is 22.6 Å². The van der Waals surface area contributed by atoms with Gasteiger partial charge in [0.15, 0.2) is 0 Å². The summed E-state index contributed by atoms with van der Waals surface area (Å²) < 4.78 is 0.736. The molecule has 0 atom stereocenters. The van der Waals surface area contributed by atoms with Crippen LogP contribution < -0.4 is 17.3 Å². The second-order valence-electron chi connectivity index (χ2n) is 3.40. The normalized spacial score (nSPS) is 44.7. The lowest BCUT2D eigenvalue weighted by Crippen LogP contribution is -3.15. The summed E-state index contributed by atoms with van der Waals surface area (Å²) in [6.45, 7) is 4.34. The molecule has 3 heteroatoms. The number of hydrogen-bond donors (Lipinski definition) is 1. The molecule has 3 aliphatic heterocycles. The summed E-state index contributed by atoms with van der Waals surface area (Å²) in [6.07, 6.45) is 4.43. The molecule has 1 nitrogen and oxygen atoms in total. The van der Waals surface area contributed by atoms with Gasteiger partial charge in [-0.15, -0.1) is 0 Å². The molecule has 3 saturated heterocycles. The Balaban J connectivity index is 0.000000500. The van der Waals surface area contributed by atoms with Crippen LogP contribution in [0.4, 0.5) is 0 Å². The van der Waals surface area contributed by atoms with Gasteiger partial charge in [-0.2, -0.15) is 0 Å². The SMILES string of the molecule is IC12CC[NH+](CC1)CC2.[Cl-]. The van der Waals surface area contributed by atoms with Gasteiger partial charge >= 0.3 is 0 Å². The summed E-state index contributed by atoms with van der Waals surface area (Å²) in [5.41, 5.74) is 0. The molecule has 1 N–H and O–H groups in total. The zero-order valence-electron chi connectivity index (χ0n) is 6.00. The fourth-order valence-electron chi connectivity index (χ4n) is 1.95. The molecule has 10 heavy (non-hydrogen) atoms. The van der Waals surface area contributed by atoms with Crippen molar-refractivity contribution in [1.29, 1.82) is 0 Å². The summed E-state index contributed by atoms with van der Waals surface area (Å²) >= 11 is 2.68. The number of alkyl halides is 1. The van der Waals surface area contributed by atoms with Gasteiger partial charge in [-0.05, 0) is 0 Å². The third-order valence-electron chi connectivity index (χ3n) is 2.78. The average molecular weight is 274 g/mol. The third kappa shape index (κ3) is 1.59. The van der Waals surface area contributed by atoms with Gasteiger partial charge in [-0.1, -0.05) is 22.6 Å². The highest BCUT2D eigenvalue weighted by molar-refractivity contribution is 14.1. The molecule has 0 spiro atoms. The molecular weight excluding hydrogens is 260 g/mol. The van der Waals surface area contributed by atoms with Crippen molar-refractivity contribution < 1.29 is 17.3 Å². The summed E-state index contributed by atoms with van der Waals surface area (Å²) in [4.78, 5) is 1.86. The zero-order chi connectivity index (χ0) is 6.32. The van der Waals surface area contributed by atoms with Gasteiger partial charge in [-0.25, -0.2) is 0 Å². The molecule has 0 amide bonds. The van der Waals surface area contributed by atoms with E-state index in [1.54, 1.807) is 0 Å². The van der Waals surface area contributed by atoms with Crippen LogP contribution in [0.15, 0.2) is 0 Å². The van der Waals surface area contributed by atoms with Crippen LogP contribution in [0, 0.1) is 0 Å². The first-order chi connectivity index (χ1) is 4.29. The molecule has 3 fully saturated rings. The standard InChI is InChI=1S/C7H12IN.ClH/c8-7-1-4-9(5-2-7)6-3-7;/h1-6H2;1H. The van der Waals surface area contributed by atoms with Crippen LogP contribution in [0.25, 0.3) is 0 Å². The van der Waals surface area contributed by atoms with Gasteiger partial charge in [0, 0.05) is 22.7 Å². The Morgan fingerprint density at radius 2 is 1.40 bits per heavy atom. The summed E-state index contributed by atoms with van der Waals surface area (Å²) in [5.74, 6) is 0. The lowest BCUT2D eigenvalue weighted by molar-refractivity contribution is -0.914. The van der Waals surface area contributed by atoms with E-state index in [-0.39, 0.29) is 12.4 Å². The number of hydrogen-bond acceptors (Lipinski definition) is 0. The first-order valence-corrected chi connectivity index (χ1v) is 4.89. The molecule has 2 bridgehead atoms. The molecule has 0 radical (unpaired) electrons. The number of halogens is 2. The van der Waals surface area contributed by atoms with Crippen molar-refractivity contribution in [3.05, 3.63) is 0 Å². The lowest BCUT2D eigenvalue weighted by atomic mass is 9.88. The first-order valence-electron chi connectivity index (χ1n) is 3.81. The summed E-state index contributed by atoms with van der Waals surface area (Å²) in [6, 6.07) is 0. The molecular formula is C7H13ClIN. The number of fused-ring (bicyclic) bond motifs is 3. The third-order valence-corrected chi connectivity index (χ3v) is 4.40. The maximum absolute atomic E-state index is 2.68. The van der Waals surface area contributed by atoms with Crippen molar-refractivity contribution in [1.82, 2.24) is 0 Å². The Kier molecular flexibility index (Phi) is 2.86. The predicted octanol–water partition coefficient (Wildman–Crippen LogP) is -2.75. The van der Waals surface area contributed by atoms with E-state index in [1.807, 2.05) is 4.90 Å². The minimum absolute atomic E-state index is 0. The Morgan fingerprint density at radius 1 is 1.00 bits per heavy atom. The van der Waals surface area contributed by atoms with Crippen LogP contribution in [0.3, 0.4) is 0 Å². The number of rotatable bonds is 0. The maximum atomic E-state index is 2.68. The highest BCUT2D eigenvalue weighted by atomic mass is 127. The predicted molar refractivity (Wildman–Crippen MR) is 46.2 cm³/mol. The highest BCUT2D eigenvalue weighted by Gasteiger charge is 2.39. The van der Waals surface area contributed by atoms with E-state index >= 15 is 0 Å². The van der Waals surface area contributed by atoms with Crippen LogP contribution in [0.2, 0.25) is 0 Å². The minimum atomic E-state index is 0. The molecule has 3 aliphatic rings. The first kappa shape index (κ1) is 9.07. The van der Waals surface area contributed by atoms with Crippen LogP contribution in [-0.2, 0) is 0 Å². The molecule has 3 heterocycles. The zero-order valence-corrected chi connectivity index (χ0v) is 8.91. The molecule has 0 saturated carbocycles. The van der Waals surface area contributed by atoms with Gasteiger partial charge in [-0.3, -0.25) is 0 Å². The number of piperidine rings is 3.